The van der Waals surface area contributed by atoms with Gasteiger partial charge in [-0.3, -0.25) is 4.79 Å². The monoisotopic (exact) mass is 247 g/mol. The summed E-state index contributed by atoms with van der Waals surface area (Å²) in [7, 11) is 0. The molecular formula is C11H25N3O3. The van der Waals surface area contributed by atoms with Crippen molar-refractivity contribution in [2.75, 3.05) is 39.5 Å². The van der Waals surface area contributed by atoms with Crippen LogP contribution in [0, 0.1) is 0 Å². The van der Waals surface area contributed by atoms with Crippen LogP contribution in [0.2, 0.25) is 0 Å². The quantitative estimate of drug-likeness (QED) is 0.219. The zero-order chi connectivity index (χ0) is 12.8. The Morgan fingerprint density at radius 1 is 0.882 bits per heavy atom. The average molecular weight is 247 g/mol. The number of unbranched alkanes of at least 4 members (excludes halogenated alkanes) is 2. The third kappa shape index (κ3) is 15.3. The highest BCUT2D eigenvalue weighted by Gasteiger charge is 1.94. The van der Waals surface area contributed by atoms with Gasteiger partial charge in [0.25, 0.3) is 0 Å². The van der Waals surface area contributed by atoms with Crippen molar-refractivity contribution >= 4 is 5.97 Å². The van der Waals surface area contributed by atoms with Gasteiger partial charge in [0.2, 0.25) is 0 Å². The molecule has 0 heterocycles. The van der Waals surface area contributed by atoms with Crippen LogP contribution in [0.4, 0.5) is 0 Å². The van der Waals surface area contributed by atoms with Gasteiger partial charge in [0.15, 0.2) is 0 Å². The van der Waals surface area contributed by atoms with Crippen LogP contribution in [0.3, 0.4) is 0 Å². The summed E-state index contributed by atoms with van der Waals surface area (Å²) in [6.07, 6.45) is 3.55. The minimum absolute atomic E-state index is 0.165. The molecule has 0 aromatic carbocycles. The van der Waals surface area contributed by atoms with Gasteiger partial charge in [-0.25, -0.2) is 0 Å². The van der Waals surface area contributed by atoms with Crippen LogP contribution in [0.1, 0.15) is 25.7 Å². The number of nitrogens with one attached hydrogen (secondary N) is 3. The number of rotatable bonds is 13. The number of aliphatic hydroxyl groups excluding tert-OH is 1. The van der Waals surface area contributed by atoms with Gasteiger partial charge in [-0.2, -0.15) is 0 Å². The molecule has 17 heavy (non-hydrogen) atoms. The molecule has 102 valence electrons. The Morgan fingerprint density at radius 2 is 1.53 bits per heavy atom. The topological polar surface area (TPSA) is 93.6 Å². The molecule has 0 aromatic heterocycles. The molecule has 0 unspecified atom stereocenters. The molecule has 5 N–H and O–H groups in total. The van der Waals surface area contributed by atoms with Crippen molar-refractivity contribution in [1.29, 1.82) is 0 Å². The lowest BCUT2D eigenvalue weighted by Gasteiger charge is -2.06. The molecule has 0 aliphatic carbocycles. The highest BCUT2D eigenvalue weighted by Crippen LogP contribution is 1.91. The Labute approximate surface area is 103 Å². The summed E-state index contributed by atoms with van der Waals surface area (Å²) < 4.78 is 0. The fourth-order valence-electron chi connectivity index (χ4n) is 1.34. The third-order valence-electron chi connectivity index (χ3n) is 2.26. The maximum absolute atomic E-state index is 10.2. The molecule has 0 atom stereocenters. The van der Waals surface area contributed by atoms with E-state index in [1.165, 1.54) is 0 Å². The Hall–Kier alpha value is -0.690. The largest absolute Gasteiger partial charge is 0.481 e. The maximum Gasteiger partial charge on any atom is 0.304 e. The molecule has 0 spiro atoms. The smallest absolute Gasteiger partial charge is 0.304 e. The van der Waals surface area contributed by atoms with Crippen LogP contribution >= 0.6 is 0 Å². The standard InChI is InChI=1S/C11H25N3O3/c15-9-8-12-5-2-1-3-6-13-10-14-7-4-11(16)17/h12-15H,1-10H2,(H,16,17). The van der Waals surface area contributed by atoms with E-state index in [0.29, 0.717) is 19.8 Å². The van der Waals surface area contributed by atoms with E-state index >= 15 is 0 Å². The summed E-state index contributed by atoms with van der Waals surface area (Å²) in [4.78, 5) is 10.2. The molecule has 0 aromatic rings. The summed E-state index contributed by atoms with van der Waals surface area (Å²) in [6.45, 7) is 3.94. The number of hydrogen-bond donors (Lipinski definition) is 5. The van der Waals surface area contributed by atoms with Crippen molar-refractivity contribution in [3.8, 4) is 0 Å². The molecule has 0 saturated carbocycles. The van der Waals surface area contributed by atoms with E-state index in [1.54, 1.807) is 0 Å². The molecule has 0 fully saturated rings. The minimum Gasteiger partial charge on any atom is -0.481 e. The molecule has 0 radical (unpaired) electrons. The Kier molecular flexibility index (Phi) is 12.8. The van der Waals surface area contributed by atoms with Gasteiger partial charge < -0.3 is 26.2 Å². The van der Waals surface area contributed by atoms with E-state index < -0.39 is 5.97 Å². The lowest BCUT2D eigenvalue weighted by atomic mass is 10.2. The highest BCUT2D eigenvalue weighted by molar-refractivity contribution is 5.66. The van der Waals surface area contributed by atoms with Gasteiger partial charge in [-0.15, -0.1) is 0 Å². The molecule has 0 rings (SSSR count). The fraction of sp³-hybridized carbons (Fsp3) is 0.909. The second-order valence-corrected chi connectivity index (χ2v) is 3.85. The van der Waals surface area contributed by atoms with Crippen LogP contribution < -0.4 is 16.0 Å². The van der Waals surface area contributed by atoms with Gasteiger partial charge in [0.1, 0.15) is 0 Å². The molecular weight excluding hydrogens is 222 g/mol. The first-order chi connectivity index (χ1) is 8.27. The highest BCUT2D eigenvalue weighted by atomic mass is 16.4. The number of carboxylic acids is 1. The molecule has 0 aliphatic heterocycles. The van der Waals surface area contributed by atoms with Gasteiger partial charge in [-0.05, 0) is 25.9 Å². The minimum atomic E-state index is -0.770. The number of hydrogen-bond acceptors (Lipinski definition) is 5. The average Bonchev–Trinajstić information content (AvgIpc) is 2.30. The number of carbonyl (C=O) groups is 1. The van der Waals surface area contributed by atoms with E-state index in [4.69, 9.17) is 10.2 Å². The summed E-state index contributed by atoms with van der Waals surface area (Å²) in [5.74, 6) is -0.770. The normalized spacial score (nSPS) is 10.6. The van der Waals surface area contributed by atoms with Crippen molar-refractivity contribution in [2.24, 2.45) is 0 Å². The van der Waals surface area contributed by atoms with Crippen molar-refractivity contribution in [1.82, 2.24) is 16.0 Å². The number of aliphatic carboxylic acids is 1. The zero-order valence-electron chi connectivity index (χ0n) is 10.4. The third-order valence-corrected chi connectivity index (χ3v) is 2.26. The lowest BCUT2D eigenvalue weighted by molar-refractivity contribution is -0.136. The second-order valence-electron chi connectivity index (χ2n) is 3.85. The van der Waals surface area contributed by atoms with Crippen LogP contribution in [0.15, 0.2) is 0 Å². The summed E-state index contributed by atoms with van der Waals surface area (Å²) >= 11 is 0. The zero-order valence-corrected chi connectivity index (χ0v) is 10.4. The Morgan fingerprint density at radius 3 is 2.18 bits per heavy atom. The Balaban J connectivity index is 2.91. The maximum atomic E-state index is 10.2. The first-order valence-electron chi connectivity index (χ1n) is 6.22. The fourth-order valence-corrected chi connectivity index (χ4v) is 1.34. The van der Waals surface area contributed by atoms with Crippen molar-refractivity contribution in [3.63, 3.8) is 0 Å². The van der Waals surface area contributed by atoms with Crippen molar-refractivity contribution in [2.45, 2.75) is 25.7 Å². The van der Waals surface area contributed by atoms with Crippen molar-refractivity contribution < 1.29 is 15.0 Å². The van der Waals surface area contributed by atoms with Gasteiger partial charge >= 0.3 is 5.97 Å². The first-order valence-corrected chi connectivity index (χ1v) is 6.22. The number of aliphatic hydroxyl groups is 1. The van der Waals surface area contributed by atoms with Crippen LogP contribution in [0.5, 0.6) is 0 Å². The van der Waals surface area contributed by atoms with E-state index in [2.05, 4.69) is 16.0 Å². The Bertz CT molecular complexity index is 179. The molecule has 6 nitrogen and oxygen atoms in total. The molecule has 0 bridgehead atoms. The predicted molar refractivity (Wildman–Crippen MR) is 66.9 cm³/mol. The van der Waals surface area contributed by atoms with E-state index in [0.717, 1.165) is 32.4 Å². The van der Waals surface area contributed by atoms with Crippen molar-refractivity contribution in [3.05, 3.63) is 0 Å². The first kappa shape index (κ1) is 16.3. The van der Waals surface area contributed by atoms with Crippen LogP contribution in [-0.2, 0) is 4.79 Å². The SMILES string of the molecule is O=C(O)CCNCNCCCCCNCCO. The molecule has 0 amide bonds. The van der Waals surface area contributed by atoms with Gasteiger partial charge in [0.05, 0.1) is 13.0 Å². The molecule has 6 heteroatoms. The van der Waals surface area contributed by atoms with Crippen LogP contribution in [-0.4, -0.2) is 55.6 Å². The summed E-state index contributed by atoms with van der Waals surface area (Å²) in [5, 5.41) is 26.2. The summed E-state index contributed by atoms with van der Waals surface area (Å²) in [5.41, 5.74) is 0. The van der Waals surface area contributed by atoms with E-state index in [1.807, 2.05) is 0 Å². The second kappa shape index (κ2) is 13.4. The molecule has 0 saturated heterocycles. The van der Waals surface area contributed by atoms with E-state index in [-0.39, 0.29) is 13.0 Å². The number of carboxylic acid groups (broad SMARTS) is 1. The lowest BCUT2D eigenvalue weighted by Crippen LogP contribution is -2.31. The van der Waals surface area contributed by atoms with Gasteiger partial charge in [0, 0.05) is 19.8 Å². The molecule has 0 aliphatic rings. The predicted octanol–water partition coefficient (Wildman–Crippen LogP) is -0.650. The van der Waals surface area contributed by atoms with Gasteiger partial charge in [-0.1, -0.05) is 6.42 Å². The van der Waals surface area contributed by atoms with Crippen LogP contribution in [0.25, 0.3) is 0 Å². The summed E-state index contributed by atoms with van der Waals surface area (Å²) in [6, 6.07) is 0. The van der Waals surface area contributed by atoms with E-state index in [9.17, 15) is 4.79 Å².